The third kappa shape index (κ3) is 5.08. The molecule has 0 aliphatic heterocycles. The SMILES string of the molecule is CN(C)S(=O)(=O)c1cccc(C(=O)NCC(=O)Nc2ccc(F)cc2F)c1. The molecule has 0 radical (unpaired) electrons. The van der Waals surface area contributed by atoms with E-state index in [9.17, 15) is 26.8 Å². The Morgan fingerprint density at radius 1 is 1.07 bits per heavy atom. The second-order valence-electron chi connectivity index (χ2n) is 5.67. The van der Waals surface area contributed by atoms with Crippen molar-refractivity contribution in [3.05, 3.63) is 59.7 Å². The number of amides is 2. The molecule has 2 rings (SSSR count). The van der Waals surface area contributed by atoms with Crippen LogP contribution in [0.5, 0.6) is 0 Å². The summed E-state index contributed by atoms with van der Waals surface area (Å²) in [5, 5.41) is 4.50. The summed E-state index contributed by atoms with van der Waals surface area (Å²) in [6.07, 6.45) is 0. The van der Waals surface area contributed by atoms with E-state index in [-0.39, 0.29) is 16.1 Å². The standard InChI is InChI=1S/C17H17F2N3O4S/c1-22(2)27(25,26)13-5-3-4-11(8-13)17(24)20-10-16(23)21-15-7-6-12(18)9-14(15)19/h3-9H,10H2,1-2H3,(H,20,24)(H,21,23). The zero-order chi connectivity index (χ0) is 20.2. The fourth-order valence-electron chi connectivity index (χ4n) is 2.06. The van der Waals surface area contributed by atoms with Crippen molar-refractivity contribution in [2.45, 2.75) is 4.90 Å². The number of anilines is 1. The molecule has 27 heavy (non-hydrogen) atoms. The molecule has 0 saturated carbocycles. The molecule has 0 atom stereocenters. The normalized spacial score (nSPS) is 11.3. The van der Waals surface area contributed by atoms with E-state index >= 15 is 0 Å². The average molecular weight is 397 g/mol. The van der Waals surface area contributed by atoms with Gasteiger partial charge < -0.3 is 10.6 Å². The van der Waals surface area contributed by atoms with Gasteiger partial charge in [0.1, 0.15) is 11.6 Å². The molecular weight excluding hydrogens is 380 g/mol. The van der Waals surface area contributed by atoms with E-state index in [1.807, 2.05) is 0 Å². The predicted molar refractivity (Wildman–Crippen MR) is 94.6 cm³/mol. The molecule has 2 aromatic rings. The van der Waals surface area contributed by atoms with E-state index in [2.05, 4.69) is 10.6 Å². The van der Waals surface area contributed by atoms with E-state index in [1.54, 1.807) is 0 Å². The molecule has 0 aliphatic carbocycles. The number of rotatable bonds is 6. The van der Waals surface area contributed by atoms with Crippen LogP contribution in [0.1, 0.15) is 10.4 Å². The van der Waals surface area contributed by atoms with Gasteiger partial charge in [-0.3, -0.25) is 9.59 Å². The van der Waals surface area contributed by atoms with Gasteiger partial charge in [-0.2, -0.15) is 0 Å². The van der Waals surface area contributed by atoms with Gasteiger partial charge in [-0.1, -0.05) is 6.07 Å². The minimum absolute atomic E-state index is 0.0405. The first-order valence-electron chi connectivity index (χ1n) is 7.67. The first-order valence-corrected chi connectivity index (χ1v) is 9.11. The van der Waals surface area contributed by atoms with Crippen LogP contribution < -0.4 is 10.6 Å². The number of nitrogens with zero attached hydrogens (tertiary/aromatic N) is 1. The van der Waals surface area contributed by atoms with Crippen LogP contribution in [0.25, 0.3) is 0 Å². The van der Waals surface area contributed by atoms with Crippen molar-refractivity contribution in [3.63, 3.8) is 0 Å². The third-order valence-corrected chi connectivity index (χ3v) is 5.30. The molecule has 7 nitrogen and oxygen atoms in total. The Kier molecular flexibility index (Phi) is 6.24. The average Bonchev–Trinajstić information content (AvgIpc) is 2.62. The number of hydrogen-bond acceptors (Lipinski definition) is 4. The first kappa shape index (κ1) is 20.5. The highest BCUT2D eigenvalue weighted by Gasteiger charge is 2.19. The lowest BCUT2D eigenvalue weighted by atomic mass is 10.2. The molecule has 0 saturated heterocycles. The number of benzene rings is 2. The molecule has 2 amide bonds. The zero-order valence-corrected chi connectivity index (χ0v) is 15.3. The fraction of sp³-hybridized carbons (Fsp3) is 0.176. The van der Waals surface area contributed by atoms with Gasteiger partial charge in [0, 0.05) is 25.7 Å². The molecule has 0 bridgehead atoms. The summed E-state index contributed by atoms with van der Waals surface area (Å²) in [7, 11) is -0.987. The Balaban J connectivity index is 2.02. The highest BCUT2D eigenvalue weighted by Crippen LogP contribution is 2.16. The maximum atomic E-state index is 13.5. The van der Waals surface area contributed by atoms with E-state index in [4.69, 9.17) is 0 Å². The van der Waals surface area contributed by atoms with Crippen LogP contribution in [-0.4, -0.2) is 45.2 Å². The van der Waals surface area contributed by atoms with E-state index in [0.717, 1.165) is 16.4 Å². The van der Waals surface area contributed by atoms with Crippen molar-refractivity contribution in [3.8, 4) is 0 Å². The van der Waals surface area contributed by atoms with E-state index < -0.39 is 40.0 Å². The quantitative estimate of drug-likeness (QED) is 0.774. The van der Waals surface area contributed by atoms with Crippen LogP contribution in [0, 0.1) is 11.6 Å². The lowest BCUT2D eigenvalue weighted by Gasteiger charge is -2.12. The number of halogens is 2. The number of carbonyl (C=O) groups excluding carboxylic acids is 2. The predicted octanol–water partition coefficient (Wildman–Crippen LogP) is 1.58. The molecule has 10 heteroatoms. The topological polar surface area (TPSA) is 95.6 Å². The monoisotopic (exact) mass is 397 g/mol. The van der Waals surface area contributed by atoms with Crippen LogP contribution in [-0.2, 0) is 14.8 Å². The number of sulfonamides is 1. The van der Waals surface area contributed by atoms with Crippen LogP contribution in [0.4, 0.5) is 14.5 Å². The lowest BCUT2D eigenvalue weighted by Crippen LogP contribution is -2.33. The van der Waals surface area contributed by atoms with Gasteiger partial charge in [-0.25, -0.2) is 21.5 Å². The van der Waals surface area contributed by atoms with Gasteiger partial charge >= 0.3 is 0 Å². The summed E-state index contributed by atoms with van der Waals surface area (Å²) in [5.41, 5.74) is -0.187. The van der Waals surface area contributed by atoms with Crippen LogP contribution in [0.2, 0.25) is 0 Å². The summed E-state index contributed by atoms with van der Waals surface area (Å²) in [5.74, 6) is -3.14. The van der Waals surface area contributed by atoms with Crippen molar-refractivity contribution in [1.29, 1.82) is 0 Å². The highest BCUT2D eigenvalue weighted by atomic mass is 32.2. The van der Waals surface area contributed by atoms with Crippen molar-refractivity contribution in [1.82, 2.24) is 9.62 Å². The fourth-order valence-corrected chi connectivity index (χ4v) is 3.00. The number of carbonyl (C=O) groups is 2. The largest absolute Gasteiger partial charge is 0.343 e. The second kappa shape index (κ2) is 8.23. The molecule has 0 aliphatic rings. The van der Waals surface area contributed by atoms with Crippen molar-refractivity contribution in [2.75, 3.05) is 26.0 Å². The summed E-state index contributed by atoms with van der Waals surface area (Å²) in [6.45, 7) is -0.486. The Morgan fingerprint density at radius 3 is 2.41 bits per heavy atom. The number of hydrogen-bond donors (Lipinski definition) is 2. The first-order chi connectivity index (χ1) is 12.6. The minimum Gasteiger partial charge on any atom is -0.343 e. The summed E-state index contributed by atoms with van der Waals surface area (Å²) >= 11 is 0. The van der Waals surface area contributed by atoms with Crippen LogP contribution in [0.3, 0.4) is 0 Å². The maximum absolute atomic E-state index is 13.5. The number of nitrogens with one attached hydrogen (secondary N) is 2. The van der Waals surface area contributed by atoms with Gasteiger partial charge in [-0.05, 0) is 30.3 Å². The van der Waals surface area contributed by atoms with E-state index in [1.165, 1.54) is 38.4 Å². The Bertz CT molecular complexity index is 978. The molecule has 144 valence electrons. The van der Waals surface area contributed by atoms with Gasteiger partial charge in [0.05, 0.1) is 17.1 Å². The molecule has 0 fully saturated rings. The Hall–Kier alpha value is -2.85. The molecule has 2 aromatic carbocycles. The van der Waals surface area contributed by atoms with Crippen molar-refractivity contribution < 1.29 is 26.8 Å². The molecule has 0 aromatic heterocycles. The van der Waals surface area contributed by atoms with Crippen LogP contribution >= 0.6 is 0 Å². The van der Waals surface area contributed by atoms with Crippen molar-refractivity contribution in [2.24, 2.45) is 0 Å². The molecule has 0 heterocycles. The van der Waals surface area contributed by atoms with E-state index in [0.29, 0.717) is 6.07 Å². The summed E-state index contributed by atoms with van der Waals surface area (Å²) < 4.78 is 51.5. The third-order valence-electron chi connectivity index (χ3n) is 3.49. The second-order valence-corrected chi connectivity index (χ2v) is 7.82. The molecule has 0 unspecified atom stereocenters. The van der Waals surface area contributed by atoms with Gasteiger partial charge in [0.2, 0.25) is 15.9 Å². The van der Waals surface area contributed by atoms with Crippen molar-refractivity contribution >= 4 is 27.5 Å². The smallest absolute Gasteiger partial charge is 0.251 e. The maximum Gasteiger partial charge on any atom is 0.251 e. The summed E-state index contributed by atoms with van der Waals surface area (Å²) in [4.78, 5) is 23.9. The molecular formula is C17H17F2N3O4S. The highest BCUT2D eigenvalue weighted by molar-refractivity contribution is 7.89. The van der Waals surface area contributed by atoms with Gasteiger partial charge in [-0.15, -0.1) is 0 Å². The molecule has 2 N–H and O–H groups in total. The lowest BCUT2D eigenvalue weighted by molar-refractivity contribution is -0.115. The van der Waals surface area contributed by atoms with Crippen LogP contribution in [0.15, 0.2) is 47.4 Å². The zero-order valence-electron chi connectivity index (χ0n) is 14.5. The summed E-state index contributed by atoms with van der Waals surface area (Å²) in [6, 6.07) is 7.97. The minimum atomic E-state index is -3.71. The Labute approximate surface area is 155 Å². The van der Waals surface area contributed by atoms with Gasteiger partial charge in [0.25, 0.3) is 5.91 Å². The Morgan fingerprint density at radius 2 is 1.78 bits per heavy atom. The van der Waals surface area contributed by atoms with Gasteiger partial charge in [0.15, 0.2) is 0 Å². The molecule has 0 spiro atoms.